The number of hydrogen-bond acceptors (Lipinski definition) is 4. The highest BCUT2D eigenvalue weighted by Gasteiger charge is 2.48. The molecule has 6 nitrogen and oxygen atoms in total. The Bertz CT molecular complexity index is 623. The van der Waals surface area contributed by atoms with Gasteiger partial charge in [0.05, 0.1) is 12.6 Å². The molecule has 1 spiro atoms. The zero-order chi connectivity index (χ0) is 17.5. The average Bonchev–Trinajstić information content (AvgIpc) is 3.13. The number of hydrogen-bond donors (Lipinski definition) is 0. The number of carbonyl (C=O) groups excluding carboxylic acids is 1. The lowest BCUT2D eigenvalue weighted by Crippen LogP contribution is -2.58. The first-order valence-corrected chi connectivity index (χ1v) is 7.84. The van der Waals surface area contributed by atoms with Crippen molar-refractivity contribution in [1.29, 1.82) is 0 Å². The Kier molecular flexibility index (Phi) is 4.33. The molecule has 0 N–H and O–H groups in total. The van der Waals surface area contributed by atoms with Gasteiger partial charge in [0.25, 0.3) is 5.91 Å². The van der Waals surface area contributed by atoms with Crippen molar-refractivity contribution in [2.45, 2.75) is 37.1 Å². The molecule has 0 aromatic carbocycles. The molecule has 1 aromatic heterocycles. The molecule has 0 radical (unpaired) electrons. The molecular weight excluding hydrogens is 327 g/mol. The predicted molar refractivity (Wildman–Crippen MR) is 77.4 cm³/mol. The summed E-state index contributed by atoms with van der Waals surface area (Å²) < 4.78 is 50.7. The highest BCUT2D eigenvalue weighted by molar-refractivity contribution is 5.92. The third kappa shape index (κ3) is 2.90. The summed E-state index contributed by atoms with van der Waals surface area (Å²) in [4.78, 5) is 14.1. The Morgan fingerprint density at radius 1 is 1.50 bits per heavy atom. The molecule has 134 valence electrons. The number of likely N-dealkylation sites (tertiary alicyclic amines) is 1. The first-order chi connectivity index (χ1) is 11.3. The van der Waals surface area contributed by atoms with E-state index in [2.05, 4.69) is 5.10 Å². The summed E-state index contributed by atoms with van der Waals surface area (Å²) in [5.41, 5.74) is -1.71. The van der Waals surface area contributed by atoms with E-state index in [4.69, 9.17) is 9.47 Å². The highest BCUT2D eigenvalue weighted by Crippen LogP contribution is 2.37. The number of methoxy groups -OCH3 is 1. The first kappa shape index (κ1) is 17.2. The van der Waals surface area contributed by atoms with Crippen LogP contribution in [0.4, 0.5) is 13.2 Å². The molecule has 1 amide bonds. The Hall–Kier alpha value is -1.61. The maximum Gasteiger partial charge on any atom is 0.433 e. The molecule has 0 unspecified atom stereocenters. The van der Waals surface area contributed by atoms with Crippen molar-refractivity contribution >= 4 is 5.91 Å². The van der Waals surface area contributed by atoms with Gasteiger partial charge in [0.2, 0.25) is 0 Å². The zero-order valence-corrected chi connectivity index (χ0v) is 13.6. The van der Waals surface area contributed by atoms with E-state index in [-0.39, 0.29) is 11.8 Å². The molecule has 1 aromatic rings. The number of nitrogens with zero attached hydrogens (tertiary/aromatic N) is 3. The van der Waals surface area contributed by atoms with Crippen LogP contribution in [0.3, 0.4) is 0 Å². The molecule has 24 heavy (non-hydrogen) atoms. The van der Waals surface area contributed by atoms with Crippen LogP contribution in [0.5, 0.6) is 0 Å². The standard InChI is InChI=1S/C15H20F3N3O3/c1-20-11(15(16,17)18)8-10(19-20)13(22)21-6-4-12(23-2)14(9-21)5-3-7-24-14/h8,12H,3-7,9H2,1-2H3/t12-,14-/m0/s1. The van der Waals surface area contributed by atoms with E-state index >= 15 is 0 Å². The lowest BCUT2D eigenvalue weighted by Gasteiger charge is -2.44. The van der Waals surface area contributed by atoms with E-state index in [1.807, 2.05) is 0 Å². The van der Waals surface area contributed by atoms with Crippen LogP contribution in [0.15, 0.2) is 6.07 Å². The summed E-state index contributed by atoms with van der Waals surface area (Å²) >= 11 is 0. The minimum absolute atomic E-state index is 0.112. The molecule has 0 saturated carbocycles. The number of aryl methyl sites for hydroxylation is 1. The van der Waals surface area contributed by atoms with E-state index < -0.39 is 23.4 Å². The van der Waals surface area contributed by atoms with Crippen molar-refractivity contribution in [1.82, 2.24) is 14.7 Å². The van der Waals surface area contributed by atoms with Gasteiger partial charge in [-0.05, 0) is 19.3 Å². The number of alkyl halides is 3. The summed E-state index contributed by atoms with van der Waals surface area (Å²) in [5.74, 6) is -0.509. The summed E-state index contributed by atoms with van der Waals surface area (Å²) in [7, 11) is 2.79. The molecule has 2 aliphatic rings. The number of amides is 1. The molecule has 2 aliphatic heterocycles. The quantitative estimate of drug-likeness (QED) is 0.819. The van der Waals surface area contributed by atoms with Crippen molar-refractivity contribution in [3.05, 3.63) is 17.5 Å². The third-order valence-electron chi connectivity index (χ3n) is 4.80. The predicted octanol–water partition coefficient (Wildman–Crippen LogP) is 1.85. The summed E-state index contributed by atoms with van der Waals surface area (Å²) in [5, 5.41) is 3.74. The zero-order valence-electron chi connectivity index (χ0n) is 13.6. The van der Waals surface area contributed by atoms with E-state index in [0.717, 1.165) is 18.9 Å². The SMILES string of the molecule is CO[C@H]1CCN(C(=O)c2cc(C(F)(F)F)n(C)n2)C[C@@]12CCCO2. The van der Waals surface area contributed by atoms with E-state index in [9.17, 15) is 18.0 Å². The lowest BCUT2D eigenvalue weighted by atomic mass is 9.86. The van der Waals surface area contributed by atoms with E-state index in [1.54, 1.807) is 7.11 Å². The monoisotopic (exact) mass is 347 g/mol. The van der Waals surface area contributed by atoms with Gasteiger partial charge in [-0.25, -0.2) is 0 Å². The van der Waals surface area contributed by atoms with Gasteiger partial charge in [0.15, 0.2) is 5.69 Å². The Morgan fingerprint density at radius 3 is 2.79 bits per heavy atom. The van der Waals surface area contributed by atoms with Crippen LogP contribution in [0.1, 0.15) is 35.4 Å². The van der Waals surface area contributed by atoms with Crippen LogP contribution in [-0.4, -0.2) is 59.1 Å². The largest absolute Gasteiger partial charge is 0.433 e. The number of aromatic nitrogens is 2. The van der Waals surface area contributed by atoms with E-state index in [0.29, 0.717) is 30.8 Å². The van der Waals surface area contributed by atoms with Gasteiger partial charge in [0, 0.05) is 33.4 Å². The molecule has 0 aliphatic carbocycles. The fourth-order valence-electron chi connectivity index (χ4n) is 3.64. The molecule has 3 heterocycles. The average molecular weight is 347 g/mol. The number of halogens is 3. The third-order valence-corrected chi connectivity index (χ3v) is 4.80. The minimum atomic E-state index is -4.54. The van der Waals surface area contributed by atoms with E-state index in [1.165, 1.54) is 11.9 Å². The van der Waals surface area contributed by atoms with Gasteiger partial charge in [-0.1, -0.05) is 0 Å². The van der Waals surface area contributed by atoms with Crippen LogP contribution in [0, 0.1) is 0 Å². The maximum atomic E-state index is 12.9. The van der Waals surface area contributed by atoms with Gasteiger partial charge < -0.3 is 14.4 Å². The molecule has 2 atom stereocenters. The normalized spacial score (nSPS) is 27.9. The Morgan fingerprint density at radius 2 is 2.25 bits per heavy atom. The van der Waals surface area contributed by atoms with Gasteiger partial charge in [-0.15, -0.1) is 0 Å². The molecule has 2 saturated heterocycles. The number of ether oxygens (including phenoxy) is 2. The Labute approximate surface area is 137 Å². The molecule has 2 fully saturated rings. The van der Waals surface area contributed by atoms with Gasteiger partial charge >= 0.3 is 6.18 Å². The number of rotatable bonds is 2. The smallest absolute Gasteiger partial charge is 0.378 e. The molecule has 3 rings (SSSR count). The van der Waals surface area contributed by atoms with Crippen molar-refractivity contribution in [2.75, 3.05) is 26.8 Å². The summed E-state index contributed by atoms with van der Waals surface area (Å²) in [6.45, 7) is 1.31. The van der Waals surface area contributed by atoms with Crippen LogP contribution < -0.4 is 0 Å². The van der Waals surface area contributed by atoms with Crippen molar-refractivity contribution in [3.63, 3.8) is 0 Å². The first-order valence-electron chi connectivity index (χ1n) is 7.84. The van der Waals surface area contributed by atoms with Crippen LogP contribution in [-0.2, 0) is 22.7 Å². The summed E-state index contributed by atoms with van der Waals surface area (Å²) in [6.07, 6.45) is -2.42. The van der Waals surface area contributed by atoms with Crippen molar-refractivity contribution < 1.29 is 27.4 Å². The minimum Gasteiger partial charge on any atom is -0.378 e. The fourth-order valence-corrected chi connectivity index (χ4v) is 3.64. The summed E-state index contributed by atoms with van der Waals surface area (Å²) in [6, 6.07) is 0.799. The van der Waals surface area contributed by atoms with Gasteiger partial charge in [-0.2, -0.15) is 18.3 Å². The second-order valence-electron chi connectivity index (χ2n) is 6.29. The maximum absolute atomic E-state index is 12.9. The van der Waals surface area contributed by atoms with Crippen LogP contribution >= 0.6 is 0 Å². The lowest BCUT2D eigenvalue weighted by molar-refractivity contribution is -0.143. The van der Waals surface area contributed by atoms with Crippen molar-refractivity contribution in [3.8, 4) is 0 Å². The topological polar surface area (TPSA) is 56.6 Å². The van der Waals surface area contributed by atoms with Crippen molar-refractivity contribution in [2.24, 2.45) is 7.05 Å². The van der Waals surface area contributed by atoms with Crippen LogP contribution in [0.25, 0.3) is 0 Å². The molecular formula is C15H20F3N3O3. The molecule has 9 heteroatoms. The fraction of sp³-hybridized carbons (Fsp3) is 0.733. The molecule has 0 bridgehead atoms. The second-order valence-corrected chi connectivity index (χ2v) is 6.29. The second kappa shape index (κ2) is 6.03. The number of carbonyl (C=O) groups is 1. The van der Waals surface area contributed by atoms with Crippen LogP contribution in [0.2, 0.25) is 0 Å². The highest BCUT2D eigenvalue weighted by atomic mass is 19.4. The van der Waals surface area contributed by atoms with Gasteiger partial charge in [0.1, 0.15) is 11.3 Å². The Balaban J connectivity index is 1.81. The number of piperidine rings is 1. The van der Waals surface area contributed by atoms with Gasteiger partial charge in [-0.3, -0.25) is 9.48 Å².